The van der Waals surface area contributed by atoms with Gasteiger partial charge in [-0.3, -0.25) is 9.59 Å². The lowest BCUT2D eigenvalue weighted by Gasteiger charge is -2.30. The molecule has 0 saturated carbocycles. The minimum Gasteiger partial charge on any atom is -0.390 e. The molecule has 1 aromatic carbocycles. The van der Waals surface area contributed by atoms with Crippen LogP contribution in [-0.2, 0) is 9.59 Å². The van der Waals surface area contributed by atoms with E-state index < -0.39 is 11.9 Å². The van der Waals surface area contributed by atoms with Crippen molar-refractivity contribution < 1.29 is 19.1 Å². The molecule has 2 fully saturated rings. The van der Waals surface area contributed by atoms with Crippen molar-refractivity contribution in [3.8, 4) is 0 Å². The van der Waals surface area contributed by atoms with E-state index in [1.807, 2.05) is 0 Å². The van der Waals surface area contributed by atoms with Gasteiger partial charge >= 0.3 is 0 Å². The van der Waals surface area contributed by atoms with Gasteiger partial charge in [-0.25, -0.2) is 4.39 Å². The van der Waals surface area contributed by atoms with E-state index in [-0.39, 0.29) is 23.3 Å². The van der Waals surface area contributed by atoms with Crippen molar-refractivity contribution in [2.75, 3.05) is 45.8 Å². The summed E-state index contributed by atoms with van der Waals surface area (Å²) < 4.78 is 13.2. The minimum absolute atomic E-state index is 0.00345. The maximum atomic E-state index is 13.2. The molecule has 2 aliphatic heterocycles. The fourth-order valence-corrected chi connectivity index (χ4v) is 4.11. The van der Waals surface area contributed by atoms with Gasteiger partial charge in [0.25, 0.3) is 0 Å². The van der Waals surface area contributed by atoms with E-state index in [1.165, 1.54) is 24.6 Å². The molecule has 2 amide bonds. The summed E-state index contributed by atoms with van der Waals surface area (Å²) in [5.41, 5.74) is 0.628. The molecule has 30 heavy (non-hydrogen) atoms. The summed E-state index contributed by atoms with van der Waals surface area (Å²) in [7, 11) is 0. The Labute approximate surface area is 181 Å². The molecule has 1 aromatic rings. The molecule has 2 saturated heterocycles. The summed E-state index contributed by atoms with van der Waals surface area (Å²) in [5, 5.41) is 10.4. The lowest BCUT2D eigenvalue weighted by atomic mass is 10.1. The first kappa shape index (κ1) is 22.7. The number of nitrogens with zero attached hydrogens (tertiary/aromatic N) is 3. The molecule has 2 heterocycles. The molecule has 8 heteroatoms. The molecular weight excluding hydrogens is 409 g/mol. The number of likely N-dealkylation sites (tertiary alicyclic amines) is 1. The summed E-state index contributed by atoms with van der Waals surface area (Å²) in [6.07, 6.45) is 6.20. The third-order valence-corrected chi connectivity index (χ3v) is 5.90. The van der Waals surface area contributed by atoms with E-state index in [2.05, 4.69) is 4.90 Å². The molecule has 6 nitrogen and oxygen atoms in total. The Kier molecular flexibility index (Phi) is 8.24. The van der Waals surface area contributed by atoms with Crippen LogP contribution in [-0.4, -0.2) is 83.5 Å². The van der Waals surface area contributed by atoms with Crippen LogP contribution in [0.15, 0.2) is 24.3 Å². The summed E-state index contributed by atoms with van der Waals surface area (Å²) >= 11 is 5.76. The molecular formula is C22H29ClFN3O3. The highest BCUT2D eigenvalue weighted by atomic mass is 35.5. The van der Waals surface area contributed by atoms with Gasteiger partial charge in [-0.15, -0.1) is 0 Å². The van der Waals surface area contributed by atoms with Gasteiger partial charge in [0, 0.05) is 45.2 Å². The highest BCUT2D eigenvalue weighted by Gasteiger charge is 2.25. The van der Waals surface area contributed by atoms with Crippen molar-refractivity contribution in [1.82, 2.24) is 14.7 Å². The number of aliphatic hydroxyl groups excluding tert-OH is 1. The number of amides is 2. The number of halogens is 2. The second-order valence-corrected chi connectivity index (χ2v) is 8.34. The van der Waals surface area contributed by atoms with Crippen LogP contribution >= 0.6 is 11.6 Å². The van der Waals surface area contributed by atoms with Gasteiger partial charge in [-0.2, -0.15) is 0 Å². The Morgan fingerprint density at radius 1 is 1.13 bits per heavy atom. The van der Waals surface area contributed by atoms with Gasteiger partial charge in [0.15, 0.2) is 0 Å². The van der Waals surface area contributed by atoms with Gasteiger partial charge < -0.3 is 19.8 Å². The normalized spacial score (nSPS) is 19.9. The van der Waals surface area contributed by atoms with Crippen LogP contribution < -0.4 is 0 Å². The monoisotopic (exact) mass is 437 g/mol. The van der Waals surface area contributed by atoms with Gasteiger partial charge in [-0.1, -0.05) is 24.1 Å². The second-order valence-electron chi connectivity index (χ2n) is 7.94. The lowest BCUT2D eigenvalue weighted by Crippen LogP contribution is -2.44. The first-order chi connectivity index (χ1) is 14.4. The molecule has 1 N–H and O–H groups in total. The van der Waals surface area contributed by atoms with Gasteiger partial charge in [-0.05, 0) is 49.7 Å². The number of carbonyl (C=O) groups is 2. The molecule has 0 aliphatic carbocycles. The molecule has 0 bridgehead atoms. The second kappa shape index (κ2) is 10.9. The minimum atomic E-state index is -0.586. The number of hydrogen-bond acceptors (Lipinski definition) is 4. The number of carbonyl (C=O) groups excluding carboxylic acids is 2. The van der Waals surface area contributed by atoms with Crippen LogP contribution in [0.4, 0.5) is 4.39 Å². The number of aliphatic hydroxyl groups is 1. The summed E-state index contributed by atoms with van der Waals surface area (Å²) in [6, 6.07) is 4.25. The summed E-state index contributed by atoms with van der Waals surface area (Å²) in [6.45, 7) is 4.02. The van der Waals surface area contributed by atoms with Crippen LogP contribution in [0.3, 0.4) is 0 Å². The lowest BCUT2D eigenvalue weighted by molar-refractivity contribution is -0.131. The Bertz CT molecular complexity index is 783. The average molecular weight is 438 g/mol. The van der Waals surface area contributed by atoms with E-state index in [1.54, 1.807) is 21.9 Å². The number of β-amino-alcohol motifs (C(OH)–C–C–N with tert-alkyl or cyclic N) is 1. The van der Waals surface area contributed by atoms with E-state index in [9.17, 15) is 19.1 Å². The summed E-state index contributed by atoms with van der Waals surface area (Å²) in [4.78, 5) is 30.5. The largest absolute Gasteiger partial charge is 0.390 e. The molecule has 1 atom stereocenters. The molecule has 0 radical (unpaired) electrons. The third kappa shape index (κ3) is 6.52. The first-order valence-corrected chi connectivity index (χ1v) is 10.9. The Hall–Kier alpha value is -1.96. The maximum Gasteiger partial charge on any atom is 0.246 e. The van der Waals surface area contributed by atoms with Crippen molar-refractivity contribution in [3.05, 3.63) is 40.7 Å². The molecule has 164 valence electrons. The van der Waals surface area contributed by atoms with Crippen molar-refractivity contribution in [3.63, 3.8) is 0 Å². The molecule has 0 spiro atoms. The van der Waals surface area contributed by atoms with Gasteiger partial charge in [0.2, 0.25) is 11.8 Å². The van der Waals surface area contributed by atoms with E-state index in [0.29, 0.717) is 38.3 Å². The molecule has 0 unspecified atom stereocenters. The zero-order valence-electron chi connectivity index (χ0n) is 17.1. The maximum absolute atomic E-state index is 13.2. The average Bonchev–Trinajstić information content (AvgIpc) is 2.91. The zero-order valence-corrected chi connectivity index (χ0v) is 17.9. The zero-order chi connectivity index (χ0) is 21.5. The topological polar surface area (TPSA) is 64.1 Å². The predicted molar refractivity (Wildman–Crippen MR) is 115 cm³/mol. The smallest absolute Gasteiger partial charge is 0.246 e. The van der Waals surface area contributed by atoms with Crippen molar-refractivity contribution in [2.24, 2.45) is 0 Å². The Balaban J connectivity index is 1.50. The highest BCUT2D eigenvalue weighted by molar-refractivity contribution is 6.30. The SMILES string of the molecule is O=C(C=Cc1ccc(F)c(Cl)c1)N1CCC(=O)N(C[C@@H](O)CN2CCCCC2)CC1. The number of rotatable bonds is 6. The van der Waals surface area contributed by atoms with Crippen molar-refractivity contribution >= 4 is 29.5 Å². The first-order valence-electron chi connectivity index (χ1n) is 10.5. The van der Waals surface area contributed by atoms with E-state index >= 15 is 0 Å². The van der Waals surface area contributed by atoms with E-state index in [0.717, 1.165) is 25.9 Å². The standard InChI is InChI=1S/C22H29ClFN3O3/c23-19-14-17(4-6-20(19)24)5-7-21(29)26-11-8-22(30)27(13-12-26)16-18(28)15-25-9-2-1-3-10-25/h4-7,14,18,28H,1-3,8-13,15-16H2/t18-/m0/s1. The number of benzene rings is 1. The summed E-state index contributed by atoms with van der Waals surface area (Å²) in [5.74, 6) is -0.759. The van der Waals surface area contributed by atoms with Crippen molar-refractivity contribution in [1.29, 1.82) is 0 Å². The fourth-order valence-electron chi connectivity index (χ4n) is 3.92. The number of hydrogen-bond donors (Lipinski definition) is 1. The van der Waals surface area contributed by atoms with Crippen molar-refractivity contribution in [2.45, 2.75) is 31.8 Å². The van der Waals surface area contributed by atoms with E-state index in [4.69, 9.17) is 11.6 Å². The van der Waals surface area contributed by atoms with Crippen LogP contribution in [0.1, 0.15) is 31.2 Å². The van der Waals surface area contributed by atoms with Crippen LogP contribution in [0, 0.1) is 5.82 Å². The molecule has 0 aromatic heterocycles. The Morgan fingerprint density at radius 3 is 2.63 bits per heavy atom. The number of piperidine rings is 1. The highest BCUT2D eigenvalue weighted by Crippen LogP contribution is 2.17. The quantitative estimate of drug-likeness (QED) is 0.694. The van der Waals surface area contributed by atoms with Gasteiger partial charge in [0.1, 0.15) is 5.82 Å². The van der Waals surface area contributed by atoms with Gasteiger partial charge in [0.05, 0.1) is 11.1 Å². The Morgan fingerprint density at radius 2 is 1.90 bits per heavy atom. The van der Waals surface area contributed by atoms with Crippen LogP contribution in [0.25, 0.3) is 6.08 Å². The third-order valence-electron chi connectivity index (χ3n) is 5.61. The predicted octanol–water partition coefficient (Wildman–Crippen LogP) is 2.40. The van der Waals surface area contributed by atoms with Crippen LogP contribution in [0.5, 0.6) is 0 Å². The molecule has 3 rings (SSSR count). The molecule has 2 aliphatic rings. The fraction of sp³-hybridized carbons (Fsp3) is 0.545. The van der Waals surface area contributed by atoms with Crippen LogP contribution in [0.2, 0.25) is 5.02 Å².